The number of likely N-dealkylation sites (tertiary alicyclic amines) is 1. The molecule has 2 unspecified atom stereocenters. The van der Waals surface area contributed by atoms with E-state index in [0.29, 0.717) is 63.5 Å². The van der Waals surface area contributed by atoms with Crippen molar-refractivity contribution in [1.29, 1.82) is 0 Å². The van der Waals surface area contributed by atoms with Gasteiger partial charge in [-0.15, -0.1) is 0 Å². The summed E-state index contributed by atoms with van der Waals surface area (Å²) in [7, 11) is 2.15. The molecule has 3 amide bonds. The van der Waals surface area contributed by atoms with Crippen molar-refractivity contribution in [3.05, 3.63) is 94.1 Å². The number of nitrogens with zero attached hydrogens (tertiary/aromatic N) is 9. The lowest BCUT2D eigenvalue weighted by Crippen LogP contribution is -2.53. The molecule has 7 aliphatic rings. The second kappa shape index (κ2) is 16.0. The summed E-state index contributed by atoms with van der Waals surface area (Å²) in [5.41, 5.74) is 9.96. The number of fused-ring (bicyclic) bond motifs is 5. The molecule has 12 rings (SSSR count). The van der Waals surface area contributed by atoms with Crippen molar-refractivity contribution < 1.29 is 27.9 Å². The molecule has 0 bridgehead atoms. The van der Waals surface area contributed by atoms with Gasteiger partial charge in [0.05, 0.1) is 25.2 Å². The van der Waals surface area contributed by atoms with E-state index in [2.05, 4.69) is 70.3 Å². The average Bonchev–Trinajstić information content (AvgIpc) is 3.65. The number of carbonyl (C=O) groups excluding carboxylic acids is 3. The summed E-state index contributed by atoms with van der Waals surface area (Å²) in [6.45, 7) is 8.05. The van der Waals surface area contributed by atoms with Crippen LogP contribution in [0.5, 0.6) is 0 Å². The SMILES string of the molecule is CC(=O)N1CCc2c(c(N3CCCc4cc(-c5cc(C6CCN(C)CC6)n6ccnc6c5)c(C(F)F)cc43)nn2C2CCN(c3ccc4c(c3)CN(C3CCC(=O)NC3=O)C43CO3)CC2)C1. The molecule has 7 aliphatic heterocycles. The normalized spacial score (nSPS) is 24.1. The molecule has 2 aromatic carbocycles. The summed E-state index contributed by atoms with van der Waals surface area (Å²) >= 11 is 0. The zero-order valence-corrected chi connectivity index (χ0v) is 37.6. The number of aryl methyl sites for hydroxylation is 1. The Bertz CT molecular complexity index is 2780. The zero-order valence-electron chi connectivity index (χ0n) is 37.6. The number of pyridine rings is 1. The van der Waals surface area contributed by atoms with Gasteiger partial charge >= 0.3 is 0 Å². The van der Waals surface area contributed by atoms with Gasteiger partial charge in [0.25, 0.3) is 6.43 Å². The van der Waals surface area contributed by atoms with E-state index in [1.165, 1.54) is 0 Å². The average molecular weight is 899 g/mol. The number of alkyl halides is 2. The number of imidazole rings is 1. The molecule has 0 radical (unpaired) electrons. The van der Waals surface area contributed by atoms with Crippen LogP contribution in [-0.4, -0.2) is 111 Å². The van der Waals surface area contributed by atoms with Crippen LogP contribution in [0.4, 0.5) is 26.0 Å². The van der Waals surface area contributed by atoms with Gasteiger partial charge in [0.1, 0.15) is 5.65 Å². The number of epoxide rings is 1. The Balaban J connectivity index is 0.834. The number of hydrogen-bond donors (Lipinski definition) is 1. The van der Waals surface area contributed by atoms with E-state index < -0.39 is 18.2 Å². The quantitative estimate of drug-likeness (QED) is 0.142. The van der Waals surface area contributed by atoms with Crippen molar-refractivity contribution in [2.45, 2.75) is 108 Å². The molecule has 5 aromatic rings. The van der Waals surface area contributed by atoms with Crippen LogP contribution < -0.4 is 15.1 Å². The maximum Gasteiger partial charge on any atom is 0.264 e. The molecule has 14 nitrogen and oxygen atoms in total. The smallest absolute Gasteiger partial charge is 0.264 e. The second-order valence-corrected chi connectivity index (χ2v) is 19.6. The Hall–Kier alpha value is -5.71. The minimum absolute atomic E-state index is 0.00646. The van der Waals surface area contributed by atoms with Gasteiger partial charge in [-0.3, -0.25) is 29.3 Å². The molecule has 3 aromatic heterocycles. The number of ether oxygens (including phenoxy) is 1. The highest BCUT2D eigenvalue weighted by atomic mass is 19.3. The fourth-order valence-electron chi connectivity index (χ4n) is 12.2. The summed E-state index contributed by atoms with van der Waals surface area (Å²) in [5, 5.41) is 7.94. The summed E-state index contributed by atoms with van der Waals surface area (Å²) in [5.74, 6) is 0.626. The molecular weight excluding hydrogens is 843 g/mol. The topological polar surface area (TPSA) is 127 Å². The number of hydrogen-bond acceptors (Lipinski definition) is 10. The summed E-state index contributed by atoms with van der Waals surface area (Å²) in [6.07, 6.45) is 7.93. The van der Waals surface area contributed by atoms with Crippen molar-refractivity contribution >= 4 is 40.6 Å². The number of aromatic nitrogens is 4. The number of carbonyl (C=O) groups is 3. The standard InChI is InChI=1S/C50H56F2N10O4/c1-30(63)58-20-13-41-39(28-58)48(55-62(41)35-11-18-57(19-12-35)36-5-6-40-34(22-36)27-61(50(40)29-66-50)42-7-8-46(64)54-49(42)65)60-15-3-4-32-23-37(38(47(51)52)26-44(32)60)33-24-43(31-9-16-56(2)17-10-31)59-21-14-53-45(59)25-33/h5-6,14,21-26,31,35,42,47H,3-4,7-13,15-20,27-29H2,1-2H3,(H,54,64,65). The van der Waals surface area contributed by atoms with Crippen LogP contribution in [0.25, 0.3) is 16.8 Å². The Morgan fingerprint density at radius 3 is 2.48 bits per heavy atom. The van der Waals surface area contributed by atoms with Crippen molar-refractivity contribution in [3.8, 4) is 11.1 Å². The van der Waals surface area contributed by atoms with Gasteiger partial charge in [-0.1, -0.05) is 6.07 Å². The fourth-order valence-corrected chi connectivity index (χ4v) is 12.2. The first-order valence-corrected chi connectivity index (χ1v) is 23.9. The van der Waals surface area contributed by atoms with Gasteiger partial charge in [0.15, 0.2) is 11.5 Å². The lowest BCUT2D eigenvalue weighted by molar-refractivity contribution is -0.140. The van der Waals surface area contributed by atoms with Crippen molar-refractivity contribution in [2.24, 2.45) is 0 Å². The number of benzene rings is 2. The van der Waals surface area contributed by atoms with E-state index in [9.17, 15) is 14.4 Å². The molecule has 4 fully saturated rings. The third-order valence-electron chi connectivity index (χ3n) is 15.8. The Morgan fingerprint density at radius 1 is 0.909 bits per heavy atom. The van der Waals surface area contributed by atoms with Gasteiger partial charge in [-0.25, -0.2) is 13.8 Å². The van der Waals surface area contributed by atoms with Gasteiger partial charge in [-0.05, 0) is 124 Å². The third-order valence-corrected chi connectivity index (χ3v) is 15.8. The molecule has 0 saturated carbocycles. The summed E-state index contributed by atoms with van der Waals surface area (Å²) < 4.78 is 41.3. The monoisotopic (exact) mass is 898 g/mol. The highest BCUT2D eigenvalue weighted by Crippen LogP contribution is 2.52. The maximum absolute atomic E-state index is 15.5. The Morgan fingerprint density at radius 2 is 1.73 bits per heavy atom. The van der Waals surface area contributed by atoms with E-state index in [1.54, 1.807) is 19.2 Å². The number of imide groups is 1. The van der Waals surface area contributed by atoms with Crippen molar-refractivity contribution in [2.75, 3.05) is 62.7 Å². The van der Waals surface area contributed by atoms with E-state index >= 15 is 8.78 Å². The summed E-state index contributed by atoms with van der Waals surface area (Å²) in [4.78, 5) is 53.2. The molecule has 4 saturated heterocycles. The number of amides is 3. The van der Waals surface area contributed by atoms with E-state index in [0.717, 1.165) is 127 Å². The fraction of sp³-hybridized carbons (Fsp3) is 0.500. The molecule has 2 atom stereocenters. The Labute approximate surface area is 382 Å². The van der Waals surface area contributed by atoms with Crippen LogP contribution in [0, 0.1) is 0 Å². The van der Waals surface area contributed by atoms with Crippen LogP contribution >= 0.6 is 0 Å². The summed E-state index contributed by atoms with van der Waals surface area (Å²) in [6, 6.07) is 14.1. The predicted molar refractivity (Wildman–Crippen MR) is 244 cm³/mol. The van der Waals surface area contributed by atoms with Gasteiger partial charge in [0, 0.05) is 110 Å². The maximum atomic E-state index is 15.5. The lowest BCUT2D eigenvalue weighted by Gasteiger charge is -2.35. The largest absolute Gasteiger partial charge is 0.371 e. The first-order valence-electron chi connectivity index (χ1n) is 23.9. The minimum atomic E-state index is -2.69. The van der Waals surface area contributed by atoms with Gasteiger partial charge in [0.2, 0.25) is 17.7 Å². The third kappa shape index (κ3) is 6.92. The predicted octanol–water partition coefficient (Wildman–Crippen LogP) is 6.58. The molecule has 1 N–H and O–H groups in total. The van der Waals surface area contributed by atoms with Crippen LogP contribution in [0.15, 0.2) is 54.9 Å². The lowest BCUT2D eigenvalue weighted by atomic mass is 9.89. The second-order valence-electron chi connectivity index (χ2n) is 19.6. The molecule has 10 heterocycles. The van der Waals surface area contributed by atoms with Crippen LogP contribution in [0.2, 0.25) is 0 Å². The number of halogens is 2. The van der Waals surface area contributed by atoms with Crippen LogP contribution in [-0.2, 0) is 50.8 Å². The minimum Gasteiger partial charge on any atom is -0.371 e. The molecule has 1 spiro atoms. The van der Waals surface area contributed by atoms with Crippen LogP contribution in [0.3, 0.4) is 0 Å². The molecule has 16 heteroatoms. The molecular formula is C50H56F2N10O4. The van der Waals surface area contributed by atoms with Crippen molar-refractivity contribution in [3.63, 3.8) is 0 Å². The highest BCUT2D eigenvalue weighted by Gasteiger charge is 2.60. The van der Waals surface area contributed by atoms with E-state index in [4.69, 9.17) is 9.84 Å². The first kappa shape index (κ1) is 41.7. The zero-order chi connectivity index (χ0) is 45.0. The van der Waals surface area contributed by atoms with E-state index in [1.807, 2.05) is 23.2 Å². The van der Waals surface area contributed by atoms with Crippen LogP contribution in [0.1, 0.15) is 109 Å². The van der Waals surface area contributed by atoms with Crippen molar-refractivity contribution in [1.82, 2.24) is 39.2 Å². The first-order chi connectivity index (χ1) is 32.0. The highest BCUT2D eigenvalue weighted by molar-refractivity contribution is 6.00. The van der Waals surface area contributed by atoms with Gasteiger partial charge in [-0.2, -0.15) is 5.10 Å². The number of nitrogens with one attached hydrogen (secondary N) is 1. The number of piperidine rings is 3. The Kier molecular flexibility index (Phi) is 10.1. The van der Waals surface area contributed by atoms with Gasteiger partial charge < -0.3 is 28.7 Å². The van der Waals surface area contributed by atoms with E-state index in [-0.39, 0.29) is 29.3 Å². The molecule has 0 aliphatic carbocycles. The number of anilines is 3. The number of rotatable bonds is 7. The molecule has 66 heavy (non-hydrogen) atoms. The molecule has 344 valence electrons.